The standard InChI is InChI=1S/C9H20IN5O/c10-7(3-1-5-15-9(12)13)8(16)14-6-2-4-11/h7H,1-6,11H2,(H,14,16)(H4,12,13,15). The Bertz CT molecular complexity index is 230. The third-order valence-corrected chi connectivity index (χ3v) is 3.06. The van der Waals surface area contributed by atoms with Crippen LogP contribution in [0.2, 0.25) is 0 Å². The van der Waals surface area contributed by atoms with Crippen molar-refractivity contribution in [3.63, 3.8) is 0 Å². The van der Waals surface area contributed by atoms with E-state index in [2.05, 4.69) is 32.9 Å². The summed E-state index contributed by atoms with van der Waals surface area (Å²) in [6.45, 7) is 1.80. The normalized spacial score (nSPS) is 11.9. The molecule has 0 aliphatic carbocycles. The van der Waals surface area contributed by atoms with Gasteiger partial charge in [-0.2, -0.15) is 0 Å². The highest BCUT2D eigenvalue weighted by atomic mass is 127. The first-order valence-electron chi connectivity index (χ1n) is 5.25. The number of guanidine groups is 1. The summed E-state index contributed by atoms with van der Waals surface area (Å²) in [5, 5.41) is 2.82. The summed E-state index contributed by atoms with van der Waals surface area (Å²) in [5.41, 5.74) is 15.7. The lowest BCUT2D eigenvalue weighted by Crippen LogP contribution is -2.32. The number of rotatable bonds is 8. The maximum atomic E-state index is 11.5. The average Bonchev–Trinajstić information content (AvgIpc) is 2.24. The number of hydrogen-bond acceptors (Lipinski definition) is 3. The van der Waals surface area contributed by atoms with Crippen LogP contribution in [0.4, 0.5) is 0 Å². The summed E-state index contributed by atoms with van der Waals surface area (Å²) in [5.74, 6) is 0.149. The first kappa shape index (κ1) is 15.4. The lowest BCUT2D eigenvalue weighted by Gasteiger charge is -2.09. The number of nitrogens with zero attached hydrogens (tertiary/aromatic N) is 1. The van der Waals surface area contributed by atoms with Crippen molar-refractivity contribution in [1.29, 1.82) is 0 Å². The first-order chi connectivity index (χ1) is 7.57. The predicted octanol–water partition coefficient (Wildman–Crippen LogP) is -0.691. The van der Waals surface area contributed by atoms with Crippen LogP contribution in [0.3, 0.4) is 0 Å². The number of aliphatic imine (C=N–C) groups is 1. The Hall–Kier alpha value is -0.570. The van der Waals surface area contributed by atoms with E-state index in [1.165, 1.54) is 0 Å². The molecule has 0 aliphatic heterocycles. The summed E-state index contributed by atoms with van der Waals surface area (Å²) in [6.07, 6.45) is 2.38. The fourth-order valence-corrected chi connectivity index (χ4v) is 1.69. The molecule has 0 saturated heterocycles. The van der Waals surface area contributed by atoms with Crippen LogP contribution in [-0.4, -0.2) is 35.4 Å². The Kier molecular flexibility index (Phi) is 9.30. The zero-order chi connectivity index (χ0) is 12.4. The number of nitrogens with one attached hydrogen (secondary N) is 1. The quantitative estimate of drug-likeness (QED) is 0.154. The van der Waals surface area contributed by atoms with Gasteiger partial charge in [-0.15, -0.1) is 0 Å². The van der Waals surface area contributed by atoms with Crippen LogP contribution in [0.5, 0.6) is 0 Å². The molecule has 0 aliphatic rings. The van der Waals surface area contributed by atoms with E-state index in [9.17, 15) is 4.79 Å². The Morgan fingerprint density at radius 1 is 1.38 bits per heavy atom. The molecule has 1 amide bonds. The van der Waals surface area contributed by atoms with E-state index in [1.807, 2.05) is 0 Å². The van der Waals surface area contributed by atoms with Crippen molar-refractivity contribution < 1.29 is 4.79 Å². The van der Waals surface area contributed by atoms with Gasteiger partial charge in [-0.3, -0.25) is 9.79 Å². The number of nitrogens with two attached hydrogens (primary N) is 3. The van der Waals surface area contributed by atoms with E-state index in [4.69, 9.17) is 17.2 Å². The third kappa shape index (κ3) is 8.72. The number of hydrogen-bond donors (Lipinski definition) is 4. The minimum Gasteiger partial charge on any atom is -0.370 e. The highest BCUT2D eigenvalue weighted by Crippen LogP contribution is 2.08. The van der Waals surface area contributed by atoms with Crippen molar-refractivity contribution in [3.05, 3.63) is 0 Å². The van der Waals surface area contributed by atoms with Crippen LogP contribution in [-0.2, 0) is 4.79 Å². The Balaban J connectivity index is 3.59. The second-order valence-electron chi connectivity index (χ2n) is 3.35. The van der Waals surface area contributed by atoms with Gasteiger partial charge in [-0.1, -0.05) is 22.6 Å². The molecule has 0 saturated carbocycles. The van der Waals surface area contributed by atoms with Gasteiger partial charge in [-0.05, 0) is 25.8 Å². The average molecular weight is 341 g/mol. The lowest BCUT2D eigenvalue weighted by atomic mass is 10.2. The maximum absolute atomic E-state index is 11.5. The molecule has 0 bridgehead atoms. The number of amides is 1. The fourth-order valence-electron chi connectivity index (χ4n) is 1.03. The van der Waals surface area contributed by atoms with Gasteiger partial charge in [-0.25, -0.2) is 0 Å². The molecule has 1 atom stereocenters. The minimum absolute atomic E-state index is 0.0374. The van der Waals surface area contributed by atoms with Crippen LogP contribution in [0.25, 0.3) is 0 Å². The monoisotopic (exact) mass is 341 g/mol. The molecule has 0 aromatic carbocycles. The van der Waals surface area contributed by atoms with Crippen LogP contribution >= 0.6 is 22.6 Å². The highest BCUT2D eigenvalue weighted by molar-refractivity contribution is 14.1. The summed E-state index contributed by atoms with van der Waals surface area (Å²) in [4.78, 5) is 15.4. The van der Waals surface area contributed by atoms with Gasteiger partial charge in [0.25, 0.3) is 0 Å². The van der Waals surface area contributed by atoms with E-state index < -0.39 is 0 Å². The molecule has 0 aromatic rings. The fraction of sp³-hybridized carbons (Fsp3) is 0.778. The molecule has 0 rings (SSSR count). The molecule has 0 radical (unpaired) electrons. The highest BCUT2D eigenvalue weighted by Gasteiger charge is 2.12. The molecular formula is C9H20IN5O. The maximum Gasteiger partial charge on any atom is 0.232 e. The largest absolute Gasteiger partial charge is 0.370 e. The number of carbonyl (C=O) groups excluding carboxylic acids is 1. The van der Waals surface area contributed by atoms with Crippen LogP contribution in [0, 0.1) is 0 Å². The second-order valence-corrected chi connectivity index (χ2v) is 4.85. The summed E-state index contributed by atoms with van der Waals surface area (Å²) in [6, 6.07) is 0. The van der Waals surface area contributed by atoms with E-state index in [-0.39, 0.29) is 15.8 Å². The molecule has 0 spiro atoms. The van der Waals surface area contributed by atoms with Gasteiger partial charge >= 0.3 is 0 Å². The predicted molar refractivity (Wildman–Crippen MR) is 74.4 cm³/mol. The molecule has 7 N–H and O–H groups in total. The van der Waals surface area contributed by atoms with Crippen LogP contribution in [0.15, 0.2) is 4.99 Å². The molecule has 0 heterocycles. The van der Waals surface area contributed by atoms with Crippen molar-refractivity contribution in [2.45, 2.75) is 23.2 Å². The van der Waals surface area contributed by atoms with Gasteiger partial charge in [0.15, 0.2) is 5.96 Å². The first-order valence-corrected chi connectivity index (χ1v) is 6.49. The van der Waals surface area contributed by atoms with Crippen LogP contribution in [0.1, 0.15) is 19.3 Å². The Morgan fingerprint density at radius 2 is 2.06 bits per heavy atom. The van der Waals surface area contributed by atoms with Gasteiger partial charge < -0.3 is 22.5 Å². The van der Waals surface area contributed by atoms with Gasteiger partial charge in [0.1, 0.15) is 0 Å². The van der Waals surface area contributed by atoms with E-state index in [0.717, 1.165) is 19.3 Å². The zero-order valence-electron chi connectivity index (χ0n) is 9.29. The molecule has 6 nitrogen and oxygen atoms in total. The van der Waals surface area contributed by atoms with Gasteiger partial charge in [0, 0.05) is 13.1 Å². The molecule has 1 unspecified atom stereocenters. The SMILES string of the molecule is NCCCNC(=O)C(I)CCCN=C(N)N. The Morgan fingerprint density at radius 3 is 2.62 bits per heavy atom. The number of alkyl halides is 1. The van der Waals surface area contributed by atoms with Gasteiger partial charge in [0.05, 0.1) is 3.92 Å². The zero-order valence-corrected chi connectivity index (χ0v) is 11.4. The van der Waals surface area contributed by atoms with E-state index >= 15 is 0 Å². The van der Waals surface area contributed by atoms with E-state index in [1.54, 1.807) is 0 Å². The van der Waals surface area contributed by atoms with Gasteiger partial charge in [0.2, 0.25) is 5.91 Å². The van der Waals surface area contributed by atoms with Crippen molar-refractivity contribution >= 4 is 34.5 Å². The van der Waals surface area contributed by atoms with Crippen LogP contribution < -0.4 is 22.5 Å². The van der Waals surface area contributed by atoms with Crippen molar-refractivity contribution in [3.8, 4) is 0 Å². The molecule has 0 fully saturated rings. The molecule has 7 heteroatoms. The molecule has 94 valence electrons. The van der Waals surface area contributed by atoms with Crippen molar-refractivity contribution in [2.75, 3.05) is 19.6 Å². The smallest absolute Gasteiger partial charge is 0.232 e. The van der Waals surface area contributed by atoms with E-state index in [0.29, 0.717) is 19.6 Å². The molecular weight excluding hydrogens is 321 g/mol. The number of halogens is 1. The lowest BCUT2D eigenvalue weighted by molar-refractivity contribution is -0.120. The molecule has 16 heavy (non-hydrogen) atoms. The minimum atomic E-state index is -0.0374. The second kappa shape index (κ2) is 9.64. The summed E-state index contributed by atoms with van der Waals surface area (Å²) >= 11 is 2.12. The summed E-state index contributed by atoms with van der Waals surface area (Å²) < 4.78 is -0.0374. The number of carbonyl (C=O) groups is 1. The van der Waals surface area contributed by atoms with Crippen molar-refractivity contribution in [1.82, 2.24) is 5.32 Å². The Labute approximate surface area is 110 Å². The molecule has 0 aromatic heterocycles. The summed E-state index contributed by atoms with van der Waals surface area (Å²) in [7, 11) is 0. The third-order valence-electron chi connectivity index (χ3n) is 1.87. The topological polar surface area (TPSA) is 120 Å². The van der Waals surface area contributed by atoms with Crippen molar-refractivity contribution in [2.24, 2.45) is 22.2 Å².